The lowest BCUT2D eigenvalue weighted by atomic mass is 9.98. The number of fused-ring (bicyclic) bond motifs is 3. The van der Waals surface area contributed by atoms with Gasteiger partial charge in [0.1, 0.15) is 0 Å². The van der Waals surface area contributed by atoms with Crippen molar-refractivity contribution in [2.75, 3.05) is 0 Å². The van der Waals surface area contributed by atoms with E-state index in [0.717, 1.165) is 6.42 Å². The molecule has 2 unspecified atom stereocenters. The molecule has 0 saturated carbocycles. The second kappa shape index (κ2) is 4.61. The highest BCUT2D eigenvalue weighted by Gasteiger charge is 2.09. The first-order valence-electron chi connectivity index (χ1n) is 6.09. The first kappa shape index (κ1) is 12.1. The maximum absolute atomic E-state index is 2.85. The monoisotopic (exact) mass is 270 g/mol. The summed E-state index contributed by atoms with van der Waals surface area (Å²) in [5, 5.41) is 5.24. The Morgan fingerprint density at radius 1 is 1.00 bits per heavy atom. The van der Waals surface area contributed by atoms with Crippen LogP contribution in [0.1, 0.15) is 24.5 Å². The van der Waals surface area contributed by atoms with Gasteiger partial charge >= 0.3 is 0 Å². The van der Waals surface area contributed by atoms with E-state index >= 15 is 0 Å². The van der Waals surface area contributed by atoms with Crippen LogP contribution in [0.15, 0.2) is 41.2 Å². The number of hydrogen-bond donors (Lipinski definition) is 0. The molecule has 0 saturated heterocycles. The van der Waals surface area contributed by atoms with Crippen molar-refractivity contribution in [2.24, 2.45) is 0 Å². The van der Waals surface area contributed by atoms with E-state index in [-0.39, 0.29) is 0 Å². The van der Waals surface area contributed by atoms with Crippen molar-refractivity contribution >= 4 is 46.7 Å². The largest absolute Gasteiger partial charge is 0.110 e. The van der Waals surface area contributed by atoms with Crippen molar-refractivity contribution in [3.63, 3.8) is 0 Å². The fourth-order valence-electron chi connectivity index (χ4n) is 2.55. The topological polar surface area (TPSA) is 0 Å². The molecule has 2 atom stereocenters. The van der Waals surface area contributed by atoms with E-state index in [0.29, 0.717) is 0 Å². The van der Waals surface area contributed by atoms with E-state index in [1.54, 1.807) is 0 Å². The van der Waals surface area contributed by atoms with Gasteiger partial charge in [-0.05, 0) is 51.9 Å². The van der Waals surface area contributed by atoms with Crippen LogP contribution in [0.3, 0.4) is 0 Å². The van der Waals surface area contributed by atoms with Crippen molar-refractivity contribution in [1.29, 1.82) is 0 Å². The van der Waals surface area contributed by atoms with Gasteiger partial charge in [0, 0.05) is 0 Å². The molecule has 0 N–H and O–H groups in total. The highest BCUT2D eigenvalue weighted by molar-refractivity contribution is 7.27. The Kier molecular flexibility index (Phi) is 3.10. The molecule has 0 aliphatic heterocycles. The van der Waals surface area contributed by atoms with Crippen LogP contribution in [-0.4, -0.2) is 0 Å². The molecule has 1 aliphatic rings. The molecule has 0 aromatic heterocycles. The minimum absolute atomic E-state index is 1.04. The third kappa shape index (κ3) is 2.16. The molecule has 2 aromatic carbocycles. The highest BCUT2D eigenvalue weighted by Crippen LogP contribution is 2.32. The third-order valence-corrected chi connectivity index (χ3v) is 4.06. The Morgan fingerprint density at radius 2 is 1.83 bits per heavy atom. The molecule has 90 valence electrons. The SMILES string of the molecule is CC1=Cc2c(ccc3cc(P)ccc23)C=C(P)C1. The van der Waals surface area contributed by atoms with Gasteiger partial charge in [0.05, 0.1) is 0 Å². The molecule has 2 heteroatoms. The minimum Gasteiger partial charge on any atom is -0.110 e. The van der Waals surface area contributed by atoms with Gasteiger partial charge in [-0.15, -0.1) is 18.5 Å². The molecule has 18 heavy (non-hydrogen) atoms. The fraction of sp³-hybridized carbons (Fsp3) is 0.125. The van der Waals surface area contributed by atoms with Crippen molar-refractivity contribution in [2.45, 2.75) is 13.3 Å². The van der Waals surface area contributed by atoms with E-state index in [1.165, 1.54) is 38.1 Å². The second-order valence-corrected chi connectivity index (χ2v) is 6.34. The first-order valence-corrected chi connectivity index (χ1v) is 7.24. The van der Waals surface area contributed by atoms with Crippen LogP contribution < -0.4 is 5.30 Å². The lowest BCUT2D eigenvalue weighted by Gasteiger charge is -2.07. The molecule has 0 radical (unpaired) electrons. The van der Waals surface area contributed by atoms with Crippen LogP contribution in [0.4, 0.5) is 0 Å². The number of benzene rings is 2. The smallest absolute Gasteiger partial charge is 0.00671 e. The third-order valence-electron chi connectivity index (χ3n) is 3.33. The quantitative estimate of drug-likeness (QED) is 0.624. The zero-order valence-corrected chi connectivity index (χ0v) is 12.7. The fourth-order valence-corrected chi connectivity index (χ4v) is 3.32. The van der Waals surface area contributed by atoms with E-state index in [9.17, 15) is 0 Å². The summed E-state index contributed by atoms with van der Waals surface area (Å²) >= 11 is 0. The predicted molar refractivity (Wildman–Crippen MR) is 89.2 cm³/mol. The Labute approximate surface area is 113 Å². The van der Waals surface area contributed by atoms with Gasteiger partial charge < -0.3 is 0 Å². The second-order valence-electron chi connectivity index (χ2n) is 4.94. The van der Waals surface area contributed by atoms with Crippen LogP contribution in [0.5, 0.6) is 0 Å². The summed E-state index contributed by atoms with van der Waals surface area (Å²) < 4.78 is 0. The zero-order chi connectivity index (χ0) is 12.7. The van der Waals surface area contributed by atoms with Gasteiger partial charge in [-0.2, -0.15) is 0 Å². The lowest BCUT2D eigenvalue weighted by molar-refractivity contribution is 1.23. The van der Waals surface area contributed by atoms with E-state index in [4.69, 9.17) is 0 Å². The standard InChI is InChI=1S/C16H16P2/c1-10-6-14(18)9-12-3-2-11-8-13(17)4-5-15(11)16(12)7-10/h2-5,7-9H,6,17-18H2,1H3. The van der Waals surface area contributed by atoms with Gasteiger partial charge in [0.15, 0.2) is 0 Å². The number of hydrogen-bond acceptors (Lipinski definition) is 0. The number of allylic oxidation sites excluding steroid dienone is 2. The van der Waals surface area contributed by atoms with Crippen LogP contribution >= 0.6 is 18.5 Å². The highest BCUT2D eigenvalue weighted by atomic mass is 31.0. The van der Waals surface area contributed by atoms with Gasteiger partial charge in [0.25, 0.3) is 0 Å². The molecule has 0 bridgehead atoms. The zero-order valence-electron chi connectivity index (χ0n) is 10.4. The molecule has 0 amide bonds. The first-order chi connectivity index (χ1) is 8.63. The molecule has 1 aliphatic carbocycles. The Hall–Kier alpha value is -0.960. The summed E-state index contributed by atoms with van der Waals surface area (Å²) in [7, 11) is 5.61. The predicted octanol–water partition coefficient (Wildman–Crippen LogP) is 4.36. The summed E-state index contributed by atoms with van der Waals surface area (Å²) in [6.07, 6.45) is 5.65. The maximum Gasteiger partial charge on any atom is -0.00671 e. The maximum atomic E-state index is 2.85. The van der Waals surface area contributed by atoms with Crippen LogP contribution in [0.25, 0.3) is 22.9 Å². The lowest BCUT2D eigenvalue weighted by Crippen LogP contribution is -1.91. The van der Waals surface area contributed by atoms with Gasteiger partial charge in [-0.1, -0.05) is 42.0 Å². The van der Waals surface area contributed by atoms with E-state index in [1.807, 2.05) is 0 Å². The van der Waals surface area contributed by atoms with Crippen LogP contribution in [0, 0.1) is 0 Å². The van der Waals surface area contributed by atoms with Gasteiger partial charge in [-0.25, -0.2) is 0 Å². The summed E-state index contributed by atoms with van der Waals surface area (Å²) in [6.45, 7) is 2.20. The molecule has 3 rings (SSSR count). The van der Waals surface area contributed by atoms with Gasteiger partial charge in [0.2, 0.25) is 0 Å². The molecular weight excluding hydrogens is 254 g/mol. The van der Waals surface area contributed by atoms with Crippen molar-refractivity contribution < 1.29 is 0 Å². The van der Waals surface area contributed by atoms with Crippen LogP contribution in [0.2, 0.25) is 0 Å². The molecule has 0 spiro atoms. The molecule has 2 aromatic rings. The Balaban J connectivity index is 2.38. The average Bonchev–Trinajstić information content (AvgIpc) is 2.45. The minimum atomic E-state index is 1.04. The van der Waals surface area contributed by atoms with Gasteiger partial charge in [-0.3, -0.25) is 0 Å². The summed E-state index contributed by atoms with van der Waals surface area (Å²) in [5.74, 6) is 0. The Morgan fingerprint density at radius 3 is 2.67 bits per heavy atom. The normalized spacial score (nSPS) is 14.8. The van der Waals surface area contributed by atoms with E-state index < -0.39 is 0 Å². The summed E-state index contributed by atoms with van der Waals surface area (Å²) in [5.41, 5.74) is 4.09. The van der Waals surface area contributed by atoms with Crippen LogP contribution in [-0.2, 0) is 0 Å². The number of rotatable bonds is 0. The summed E-state index contributed by atoms with van der Waals surface area (Å²) in [6, 6.07) is 11.0. The summed E-state index contributed by atoms with van der Waals surface area (Å²) in [4.78, 5) is 0. The molecular formula is C16H16P2. The molecule has 0 nitrogen and oxygen atoms in total. The van der Waals surface area contributed by atoms with Crippen molar-refractivity contribution in [3.8, 4) is 0 Å². The Bertz CT molecular complexity index is 694. The molecule has 0 fully saturated rings. The van der Waals surface area contributed by atoms with Crippen molar-refractivity contribution in [1.82, 2.24) is 0 Å². The van der Waals surface area contributed by atoms with Crippen molar-refractivity contribution in [3.05, 3.63) is 52.3 Å². The molecule has 0 heterocycles. The average molecular weight is 270 g/mol. The van der Waals surface area contributed by atoms with E-state index in [2.05, 4.69) is 67.9 Å².